The lowest BCUT2D eigenvalue weighted by atomic mass is 10.2. The van der Waals surface area contributed by atoms with E-state index in [1.807, 2.05) is 31.2 Å². The summed E-state index contributed by atoms with van der Waals surface area (Å²) in [6, 6.07) is 11.1. The third-order valence-corrected chi connectivity index (χ3v) is 2.81. The smallest absolute Gasteiger partial charge is 0.212 e. The molecule has 5 nitrogen and oxygen atoms in total. The van der Waals surface area contributed by atoms with Crippen molar-refractivity contribution in [1.82, 2.24) is 14.5 Å². The molecular formula is C13H12N4O. The highest BCUT2D eigenvalue weighted by Gasteiger charge is 2.11. The van der Waals surface area contributed by atoms with Crippen molar-refractivity contribution in [3.05, 3.63) is 42.0 Å². The monoisotopic (exact) mass is 240 g/mol. The van der Waals surface area contributed by atoms with Crippen LogP contribution < -0.4 is 5.73 Å². The van der Waals surface area contributed by atoms with E-state index in [9.17, 15) is 5.11 Å². The van der Waals surface area contributed by atoms with Crippen molar-refractivity contribution in [1.29, 1.82) is 0 Å². The van der Waals surface area contributed by atoms with Gasteiger partial charge in [-0.3, -0.25) is 4.57 Å². The zero-order chi connectivity index (χ0) is 12.7. The van der Waals surface area contributed by atoms with E-state index in [0.29, 0.717) is 17.1 Å². The molecular weight excluding hydrogens is 228 g/mol. The lowest BCUT2D eigenvalue weighted by molar-refractivity contribution is 0.455. The molecule has 3 rings (SSSR count). The van der Waals surface area contributed by atoms with E-state index in [1.165, 1.54) is 6.07 Å². The number of nitrogens with zero attached hydrogens (tertiary/aromatic N) is 3. The van der Waals surface area contributed by atoms with Gasteiger partial charge in [-0.1, -0.05) is 17.7 Å². The topological polar surface area (TPSA) is 77.0 Å². The Morgan fingerprint density at radius 1 is 1.06 bits per heavy atom. The van der Waals surface area contributed by atoms with Gasteiger partial charge in [-0.25, -0.2) is 4.98 Å². The largest absolute Gasteiger partial charge is 0.493 e. The van der Waals surface area contributed by atoms with Crippen molar-refractivity contribution in [3.63, 3.8) is 0 Å². The average molecular weight is 240 g/mol. The average Bonchev–Trinajstić information content (AvgIpc) is 2.66. The second-order valence-corrected chi connectivity index (χ2v) is 4.15. The summed E-state index contributed by atoms with van der Waals surface area (Å²) >= 11 is 0. The molecule has 1 aromatic carbocycles. The maximum Gasteiger partial charge on any atom is 0.212 e. The maximum absolute atomic E-state index is 9.46. The molecule has 0 spiro atoms. The lowest BCUT2D eigenvalue weighted by Crippen LogP contribution is -2.01. The molecule has 5 heteroatoms. The van der Waals surface area contributed by atoms with Gasteiger partial charge in [0.15, 0.2) is 5.65 Å². The number of pyridine rings is 1. The van der Waals surface area contributed by atoms with Crippen LogP contribution in [0.3, 0.4) is 0 Å². The molecule has 2 aromatic heterocycles. The van der Waals surface area contributed by atoms with Crippen molar-refractivity contribution in [2.45, 2.75) is 6.92 Å². The van der Waals surface area contributed by atoms with Gasteiger partial charge in [-0.15, -0.1) is 0 Å². The second kappa shape index (κ2) is 3.73. The molecule has 0 saturated heterocycles. The van der Waals surface area contributed by atoms with Gasteiger partial charge in [0.1, 0.15) is 5.52 Å². The maximum atomic E-state index is 9.46. The van der Waals surface area contributed by atoms with Crippen molar-refractivity contribution < 1.29 is 5.11 Å². The molecule has 3 N–H and O–H groups in total. The Labute approximate surface area is 104 Å². The van der Waals surface area contributed by atoms with Crippen molar-refractivity contribution in [2.75, 3.05) is 5.73 Å². The Balaban J connectivity index is 2.30. The molecule has 0 aliphatic carbocycles. The predicted octanol–water partition coefficient (Wildman–Crippen LogP) is 2.02. The fraction of sp³-hybridized carbons (Fsp3) is 0.0769. The summed E-state index contributed by atoms with van der Waals surface area (Å²) in [5.74, 6) is 0.308. The first-order chi connectivity index (χ1) is 8.65. The highest BCUT2D eigenvalue weighted by Crippen LogP contribution is 2.23. The first kappa shape index (κ1) is 10.6. The number of benzene rings is 1. The fourth-order valence-corrected chi connectivity index (χ4v) is 1.91. The van der Waals surface area contributed by atoms with Crippen LogP contribution >= 0.6 is 0 Å². The molecule has 0 unspecified atom stereocenters. The highest BCUT2D eigenvalue weighted by atomic mass is 16.3. The number of nitrogen functional groups attached to an aromatic ring is 1. The van der Waals surface area contributed by atoms with Gasteiger partial charge in [-0.05, 0) is 25.1 Å². The van der Waals surface area contributed by atoms with Crippen LogP contribution in [-0.4, -0.2) is 19.6 Å². The van der Waals surface area contributed by atoms with Crippen LogP contribution in [0.25, 0.3) is 16.9 Å². The van der Waals surface area contributed by atoms with Gasteiger partial charge in [-0.2, -0.15) is 4.98 Å². The molecule has 0 radical (unpaired) electrons. The third kappa shape index (κ3) is 1.57. The summed E-state index contributed by atoms with van der Waals surface area (Å²) in [4.78, 5) is 8.29. The van der Waals surface area contributed by atoms with E-state index < -0.39 is 0 Å². The van der Waals surface area contributed by atoms with Crippen LogP contribution in [0.2, 0.25) is 0 Å². The quantitative estimate of drug-likeness (QED) is 0.682. The van der Waals surface area contributed by atoms with E-state index in [-0.39, 0.29) is 5.88 Å². The minimum atomic E-state index is -0.0456. The number of hydrogen-bond donors (Lipinski definition) is 2. The lowest BCUT2D eigenvalue weighted by Gasteiger charge is -2.06. The molecule has 0 atom stereocenters. The zero-order valence-electron chi connectivity index (χ0n) is 9.83. The molecule has 2 heterocycles. The van der Waals surface area contributed by atoms with E-state index in [2.05, 4.69) is 9.97 Å². The van der Waals surface area contributed by atoms with Crippen LogP contribution in [0.15, 0.2) is 36.4 Å². The van der Waals surface area contributed by atoms with Crippen molar-refractivity contribution >= 4 is 17.1 Å². The molecule has 0 bridgehead atoms. The van der Waals surface area contributed by atoms with Gasteiger partial charge in [0.2, 0.25) is 11.8 Å². The molecule has 0 fully saturated rings. The number of rotatable bonds is 1. The summed E-state index contributed by atoms with van der Waals surface area (Å²) in [6.07, 6.45) is 0. The standard InChI is InChI=1S/C13H12N4O/c1-8-2-4-9(5-3-8)17-12-10(15-13(17)14)6-7-11(18)16-12/h2-7H,1H3,(H2,14,15)(H,16,18). The normalized spacial score (nSPS) is 10.9. The minimum absolute atomic E-state index is 0.0456. The molecule has 3 aromatic rings. The van der Waals surface area contributed by atoms with Crippen molar-refractivity contribution in [2.24, 2.45) is 0 Å². The minimum Gasteiger partial charge on any atom is -0.493 e. The molecule has 0 saturated carbocycles. The van der Waals surface area contributed by atoms with Gasteiger partial charge < -0.3 is 10.8 Å². The Kier molecular flexibility index (Phi) is 2.19. The Morgan fingerprint density at radius 3 is 2.50 bits per heavy atom. The number of aromatic nitrogens is 3. The third-order valence-electron chi connectivity index (χ3n) is 2.81. The van der Waals surface area contributed by atoms with Gasteiger partial charge >= 0.3 is 0 Å². The van der Waals surface area contributed by atoms with Crippen LogP contribution in [-0.2, 0) is 0 Å². The summed E-state index contributed by atoms with van der Waals surface area (Å²) in [7, 11) is 0. The predicted molar refractivity (Wildman–Crippen MR) is 69.7 cm³/mol. The summed E-state index contributed by atoms with van der Waals surface area (Å²) < 4.78 is 1.72. The van der Waals surface area contributed by atoms with Gasteiger partial charge in [0.25, 0.3) is 0 Å². The van der Waals surface area contributed by atoms with E-state index >= 15 is 0 Å². The first-order valence-electron chi connectivity index (χ1n) is 5.56. The van der Waals surface area contributed by atoms with Crippen LogP contribution in [0.5, 0.6) is 5.88 Å². The number of anilines is 1. The highest BCUT2D eigenvalue weighted by molar-refractivity contribution is 5.77. The molecule has 90 valence electrons. The van der Waals surface area contributed by atoms with Gasteiger partial charge in [0.05, 0.1) is 5.69 Å². The summed E-state index contributed by atoms with van der Waals surface area (Å²) in [5, 5.41) is 9.46. The number of aryl methyl sites for hydroxylation is 1. The Hall–Kier alpha value is -2.56. The number of nitrogens with two attached hydrogens (primary N) is 1. The number of hydrogen-bond acceptors (Lipinski definition) is 4. The Bertz CT molecular complexity index is 716. The Morgan fingerprint density at radius 2 is 1.78 bits per heavy atom. The number of aromatic hydroxyl groups is 1. The molecule has 0 amide bonds. The van der Waals surface area contributed by atoms with E-state index in [0.717, 1.165) is 11.3 Å². The van der Waals surface area contributed by atoms with Gasteiger partial charge in [0, 0.05) is 6.07 Å². The van der Waals surface area contributed by atoms with E-state index in [4.69, 9.17) is 5.73 Å². The molecule has 18 heavy (non-hydrogen) atoms. The van der Waals surface area contributed by atoms with E-state index in [1.54, 1.807) is 10.6 Å². The number of imidazole rings is 1. The zero-order valence-corrected chi connectivity index (χ0v) is 9.83. The van der Waals surface area contributed by atoms with Crippen LogP contribution in [0.1, 0.15) is 5.56 Å². The molecule has 0 aliphatic heterocycles. The van der Waals surface area contributed by atoms with Crippen LogP contribution in [0, 0.1) is 6.92 Å². The van der Waals surface area contributed by atoms with Crippen LogP contribution in [0.4, 0.5) is 5.95 Å². The second-order valence-electron chi connectivity index (χ2n) is 4.15. The summed E-state index contributed by atoms with van der Waals surface area (Å²) in [6.45, 7) is 2.02. The molecule has 0 aliphatic rings. The first-order valence-corrected chi connectivity index (χ1v) is 5.56. The SMILES string of the molecule is Cc1ccc(-n2c(N)nc3ccc(O)nc32)cc1. The fourth-order valence-electron chi connectivity index (χ4n) is 1.91. The number of fused-ring (bicyclic) bond motifs is 1. The summed E-state index contributed by atoms with van der Waals surface area (Å²) in [5.41, 5.74) is 9.15. The van der Waals surface area contributed by atoms with Crippen molar-refractivity contribution in [3.8, 4) is 11.6 Å².